The Balaban J connectivity index is 1.75. The standard InChI is InChI=1S/C31H38/c1-29(2,3)22-13-15-24-26(19-22)27-20-23(30(4,5)6)14-16-25(27)28(24)31(17-9-10-18-31)21-11-7-8-12-21/h7-8,11,13-16,19-20,28H,9-10,12,17-18H2,1-6H3. The summed E-state index contributed by atoms with van der Waals surface area (Å²) in [5.74, 6) is 0.495. The van der Waals surface area contributed by atoms with Crippen molar-refractivity contribution in [2.24, 2.45) is 5.41 Å². The minimum atomic E-state index is 0.165. The van der Waals surface area contributed by atoms with Crippen molar-refractivity contribution in [1.82, 2.24) is 0 Å². The van der Waals surface area contributed by atoms with E-state index in [1.165, 1.54) is 47.9 Å². The summed E-state index contributed by atoms with van der Waals surface area (Å²) in [6, 6.07) is 14.8. The van der Waals surface area contributed by atoms with Crippen LogP contribution in [0.3, 0.4) is 0 Å². The topological polar surface area (TPSA) is 0 Å². The summed E-state index contributed by atoms with van der Waals surface area (Å²) < 4.78 is 0. The number of rotatable bonds is 2. The van der Waals surface area contributed by atoms with Gasteiger partial charge in [-0.25, -0.2) is 0 Å². The molecule has 0 radical (unpaired) electrons. The Hall–Kier alpha value is -2.08. The van der Waals surface area contributed by atoms with E-state index >= 15 is 0 Å². The molecule has 5 rings (SSSR count). The van der Waals surface area contributed by atoms with Crippen LogP contribution in [0, 0.1) is 5.41 Å². The molecule has 2 aromatic carbocycles. The van der Waals surface area contributed by atoms with Gasteiger partial charge in [0.15, 0.2) is 0 Å². The molecule has 0 atom stereocenters. The molecule has 0 aromatic heterocycles. The quantitative estimate of drug-likeness (QED) is 0.464. The van der Waals surface area contributed by atoms with Crippen LogP contribution in [0.2, 0.25) is 0 Å². The maximum Gasteiger partial charge on any atom is 0.0195 e. The van der Waals surface area contributed by atoms with E-state index in [1.54, 1.807) is 16.7 Å². The molecule has 0 nitrogen and oxygen atoms in total. The van der Waals surface area contributed by atoms with Crippen molar-refractivity contribution >= 4 is 0 Å². The minimum Gasteiger partial charge on any atom is -0.0804 e. The fourth-order valence-corrected chi connectivity index (χ4v) is 6.40. The highest BCUT2D eigenvalue weighted by molar-refractivity contribution is 5.81. The Morgan fingerprint density at radius 3 is 1.68 bits per heavy atom. The molecule has 2 aromatic rings. The molecule has 1 saturated carbocycles. The average molecular weight is 411 g/mol. The van der Waals surface area contributed by atoms with Crippen molar-refractivity contribution in [2.75, 3.05) is 0 Å². The summed E-state index contributed by atoms with van der Waals surface area (Å²) in [4.78, 5) is 0. The van der Waals surface area contributed by atoms with Crippen molar-refractivity contribution in [1.29, 1.82) is 0 Å². The summed E-state index contributed by atoms with van der Waals surface area (Å²) in [7, 11) is 0. The Morgan fingerprint density at radius 2 is 1.26 bits per heavy atom. The SMILES string of the molecule is CC(C)(C)c1ccc2c(c1)-c1cc(C(C)(C)C)ccc1C2C1(C2=CC=CC2)CCCC1. The third-order valence-corrected chi connectivity index (χ3v) is 8.21. The summed E-state index contributed by atoms with van der Waals surface area (Å²) >= 11 is 0. The summed E-state index contributed by atoms with van der Waals surface area (Å²) in [6.45, 7) is 14.0. The van der Waals surface area contributed by atoms with Crippen LogP contribution in [-0.4, -0.2) is 0 Å². The van der Waals surface area contributed by atoms with Gasteiger partial charge in [-0.1, -0.05) is 115 Å². The molecular weight excluding hydrogens is 372 g/mol. The van der Waals surface area contributed by atoms with E-state index < -0.39 is 0 Å². The molecule has 0 heterocycles. The van der Waals surface area contributed by atoms with E-state index in [2.05, 4.69) is 96.2 Å². The van der Waals surface area contributed by atoms with Gasteiger partial charge in [0.2, 0.25) is 0 Å². The Labute approximate surface area is 189 Å². The average Bonchev–Trinajstić information content (AvgIpc) is 3.44. The number of fused-ring (bicyclic) bond motifs is 3. The van der Waals surface area contributed by atoms with Crippen LogP contribution >= 0.6 is 0 Å². The first-order chi connectivity index (χ1) is 14.6. The zero-order valence-electron chi connectivity index (χ0n) is 20.3. The first-order valence-corrected chi connectivity index (χ1v) is 12.3. The van der Waals surface area contributed by atoms with Crippen molar-refractivity contribution in [3.8, 4) is 11.1 Å². The van der Waals surface area contributed by atoms with Crippen molar-refractivity contribution < 1.29 is 0 Å². The van der Waals surface area contributed by atoms with Gasteiger partial charge in [0.05, 0.1) is 0 Å². The van der Waals surface area contributed by atoms with Crippen LogP contribution in [0.5, 0.6) is 0 Å². The van der Waals surface area contributed by atoms with Crippen LogP contribution in [0.15, 0.2) is 60.2 Å². The smallest absolute Gasteiger partial charge is 0.0195 e. The molecule has 1 fully saturated rings. The van der Waals surface area contributed by atoms with Crippen LogP contribution in [0.4, 0.5) is 0 Å². The lowest BCUT2D eigenvalue weighted by Gasteiger charge is -2.39. The highest BCUT2D eigenvalue weighted by Crippen LogP contribution is 2.63. The number of hydrogen-bond donors (Lipinski definition) is 0. The highest BCUT2D eigenvalue weighted by Gasteiger charge is 2.49. The zero-order valence-corrected chi connectivity index (χ0v) is 20.3. The highest BCUT2D eigenvalue weighted by atomic mass is 14.5. The van der Waals surface area contributed by atoms with Crippen molar-refractivity contribution in [2.45, 2.75) is 90.4 Å². The second-order valence-electron chi connectivity index (χ2n) is 12.2. The molecule has 0 amide bonds. The predicted octanol–water partition coefficient (Wildman–Crippen LogP) is 8.84. The molecule has 3 aliphatic rings. The van der Waals surface area contributed by atoms with Crippen LogP contribution in [-0.2, 0) is 10.8 Å². The van der Waals surface area contributed by atoms with Gasteiger partial charge in [0, 0.05) is 11.3 Å². The van der Waals surface area contributed by atoms with E-state index in [-0.39, 0.29) is 16.2 Å². The van der Waals surface area contributed by atoms with Gasteiger partial charge < -0.3 is 0 Å². The molecule has 3 aliphatic carbocycles. The molecule has 0 bridgehead atoms. The molecule has 0 heteroatoms. The lowest BCUT2D eigenvalue weighted by molar-refractivity contribution is 0.319. The van der Waals surface area contributed by atoms with Crippen molar-refractivity contribution in [3.63, 3.8) is 0 Å². The maximum atomic E-state index is 2.52. The van der Waals surface area contributed by atoms with Crippen molar-refractivity contribution in [3.05, 3.63) is 82.5 Å². The van der Waals surface area contributed by atoms with E-state index in [0.717, 1.165) is 6.42 Å². The van der Waals surface area contributed by atoms with Gasteiger partial charge in [0.1, 0.15) is 0 Å². The third kappa shape index (κ3) is 3.25. The van der Waals surface area contributed by atoms with Gasteiger partial charge >= 0.3 is 0 Å². The van der Waals surface area contributed by atoms with Crippen LogP contribution in [0.1, 0.15) is 102 Å². The van der Waals surface area contributed by atoms with E-state index in [1.807, 2.05) is 0 Å². The van der Waals surface area contributed by atoms with Crippen LogP contribution in [0.25, 0.3) is 11.1 Å². The fraction of sp³-hybridized carbons (Fsp3) is 0.484. The molecular formula is C31H38. The van der Waals surface area contributed by atoms with Gasteiger partial charge in [-0.05, 0) is 63.5 Å². The monoisotopic (exact) mass is 410 g/mol. The molecule has 0 N–H and O–H groups in total. The first-order valence-electron chi connectivity index (χ1n) is 12.3. The van der Waals surface area contributed by atoms with E-state index in [9.17, 15) is 0 Å². The Morgan fingerprint density at radius 1 is 0.742 bits per heavy atom. The Bertz CT molecular complexity index is 1010. The molecule has 0 saturated heterocycles. The fourth-order valence-electron chi connectivity index (χ4n) is 6.40. The number of benzene rings is 2. The summed E-state index contributed by atoms with van der Waals surface area (Å²) in [6.07, 6.45) is 13.6. The number of allylic oxidation sites excluding steroid dienone is 4. The lowest BCUT2D eigenvalue weighted by atomic mass is 9.64. The van der Waals surface area contributed by atoms with Gasteiger partial charge in [-0.15, -0.1) is 0 Å². The molecule has 0 spiro atoms. The molecule has 31 heavy (non-hydrogen) atoms. The first kappa shape index (κ1) is 20.8. The van der Waals surface area contributed by atoms with E-state index in [4.69, 9.17) is 0 Å². The lowest BCUT2D eigenvalue weighted by Crippen LogP contribution is -2.28. The summed E-state index contributed by atoms with van der Waals surface area (Å²) in [5, 5.41) is 0. The second-order valence-corrected chi connectivity index (χ2v) is 12.2. The van der Waals surface area contributed by atoms with Crippen LogP contribution < -0.4 is 0 Å². The second kappa shape index (κ2) is 6.96. The minimum absolute atomic E-state index is 0.165. The number of hydrogen-bond acceptors (Lipinski definition) is 0. The molecule has 162 valence electrons. The Kier molecular flexibility index (Phi) is 4.67. The molecule has 0 aliphatic heterocycles. The van der Waals surface area contributed by atoms with E-state index in [0.29, 0.717) is 5.92 Å². The normalized spacial score (nSPS) is 20.1. The van der Waals surface area contributed by atoms with Gasteiger partial charge in [-0.3, -0.25) is 0 Å². The largest absolute Gasteiger partial charge is 0.0804 e. The van der Waals surface area contributed by atoms with Gasteiger partial charge in [0.25, 0.3) is 0 Å². The molecule has 0 unspecified atom stereocenters. The van der Waals surface area contributed by atoms with Gasteiger partial charge in [-0.2, -0.15) is 0 Å². The summed E-state index contributed by atoms with van der Waals surface area (Å²) in [5.41, 5.74) is 11.3. The predicted molar refractivity (Wildman–Crippen MR) is 134 cm³/mol. The zero-order chi connectivity index (χ0) is 22.0. The third-order valence-electron chi connectivity index (χ3n) is 8.21. The maximum absolute atomic E-state index is 2.52.